The van der Waals surface area contributed by atoms with Gasteiger partial charge in [0.1, 0.15) is 0 Å². The second-order valence-electron chi connectivity index (χ2n) is 11.2. The fourth-order valence-corrected chi connectivity index (χ4v) is 5.36. The third-order valence-electron chi connectivity index (χ3n) is 7.58. The van der Waals surface area contributed by atoms with E-state index in [0.29, 0.717) is 40.4 Å². The van der Waals surface area contributed by atoms with Gasteiger partial charge >= 0.3 is 0 Å². The fraction of sp³-hybridized carbons (Fsp3) is 0.294. The maximum atomic E-state index is 13.4. The number of imidazole rings is 1. The van der Waals surface area contributed by atoms with Gasteiger partial charge in [-0.15, -0.1) is 0 Å². The highest BCUT2D eigenvalue weighted by Gasteiger charge is 2.23. The van der Waals surface area contributed by atoms with E-state index in [4.69, 9.17) is 40.7 Å². The molecule has 7 nitrogen and oxygen atoms in total. The number of amides is 1. The molecule has 0 aliphatic rings. The summed E-state index contributed by atoms with van der Waals surface area (Å²) in [6.07, 6.45) is 3.60. The molecule has 0 unspecified atom stereocenters. The Morgan fingerprint density at radius 3 is 2.52 bits per heavy atom. The summed E-state index contributed by atoms with van der Waals surface area (Å²) in [6, 6.07) is 21.0. The van der Waals surface area contributed by atoms with E-state index < -0.39 is 0 Å². The Morgan fingerprint density at radius 1 is 1.09 bits per heavy atom. The summed E-state index contributed by atoms with van der Waals surface area (Å²) in [5.41, 5.74) is 6.50. The number of carbonyl (C=O) groups excluding carboxylic acids is 1. The van der Waals surface area contributed by atoms with Gasteiger partial charge in [-0.1, -0.05) is 67.4 Å². The van der Waals surface area contributed by atoms with Crippen molar-refractivity contribution in [3.8, 4) is 6.07 Å². The molecule has 3 aromatic carbocycles. The first-order valence-electron chi connectivity index (χ1n) is 14.4. The van der Waals surface area contributed by atoms with Gasteiger partial charge in [0.15, 0.2) is 5.11 Å². The molecule has 4 aromatic rings. The van der Waals surface area contributed by atoms with E-state index in [-0.39, 0.29) is 24.3 Å². The lowest BCUT2D eigenvalue weighted by Gasteiger charge is -2.33. The second kappa shape index (κ2) is 15.2. The Kier molecular flexibility index (Phi) is 11.4. The van der Waals surface area contributed by atoms with Gasteiger partial charge in [0.25, 0.3) is 0 Å². The SMILES string of the molecule is Cc1ccc(NC(=S)N(Cc2cccc(Cl)c2Cl)C[C@@H](NC(=O)Cc2cncn2Cc2ccc(C#N)cc2)C(C)C)cc1C. The molecule has 44 heavy (non-hydrogen) atoms. The van der Waals surface area contributed by atoms with Crippen LogP contribution in [0.5, 0.6) is 0 Å². The number of nitrogens with zero attached hydrogens (tertiary/aromatic N) is 4. The third-order valence-corrected chi connectivity index (χ3v) is 8.80. The number of hydrogen-bond acceptors (Lipinski definition) is 4. The monoisotopic (exact) mass is 646 g/mol. The zero-order chi connectivity index (χ0) is 31.8. The molecule has 0 aliphatic heterocycles. The number of nitriles is 1. The van der Waals surface area contributed by atoms with Crippen molar-refractivity contribution in [2.45, 2.75) is 53.2 Å². The first-order valence-corrected chi connectivity index (χ1v) is 15.5. The smallest absolute Gasteiger partial charge is 0.226 e. The molecule has 228 valence electrons. The first-order chi connectivity index (χ1) is 21.0. The number of thiocarbonyl (C=S) groups is 1. The third kappa shape index (κ3) is 8.82. The van der Waals surface area contributed by atoms with Gasteiger partial charge in [-0.3, -0.25) is 4.79 Å². The largest absolute Gasteiger partial charge is 0.351 e. The molecule has 0 spiro atoms. The van der Waals surface area contributed by atoms with E-state index in [1.54, 1.807) is 30.7 Å². The van der Waals surface area contributed by atoms with Crippen LogP contribution in [0, 0.1) is 31.1 Å². The van der Waals surface area contributed by atoms with Crippen LogP contribution in [-0.4, -0.2) is 38.1 Å². The quantitative estimate of drug-likeness (QED) is 0.166. The molecule has 2 N–H and O–H groups in total. The molecule has 1 heterocycles. The van der Waals surface area contributed by atoms with Crippen molar-refractivity contribution in [2.24, 2.45) is 5.92 Å². The Bertz CT molecular complexity index is 1660. The average Bonchev–Trinajstić information content (AvgIpc) is 3.42. The van der Waals surface area contributed by atoms with Crippen LogP contribution >= 0.6 is 35.4 Å². The van der Waals surface area contributed by atoms with Crippen LogP contribution in [0.1, 0.15) is 47.4 Å². The number of hydrogen-bond donors (Lipinski definition) is 2. The van der Waals surface area contributed by atoms with Gasteiger partial charge in [-0.05, 0) is 84.6 Å². The van der Waals surface area contributed by atoms with Gasteiger partial charge in [0.05, 0.1) is 34.4 Å². The zero-order valence-electron chi connectivity index (χ0n) is 25.3. The number of anilines is 1. The van der Waals surface area contributed by atoms with Gasteiger partial charge in [-0.2, -0.15) is 5.26 Å². The lowest BCUT2D eigenvalue weighted by atomic mass is 10.0. The van der Waals surface area contributed by atoms with Crippen molar-refractivity contribution in [1.29, 1.82) is 5.26 Å². The standard InChI is InChI=1S/C34H36Cl2N6OS/c1-22(2)31(40-32(43)15-29-17-38-21-42(29)18-26-11-9-25(16-37)10-12-26)20-41(19-27-6-5-7-30(35)33(27)36)34(44)39-28-13-8-23(3)24(4)14-28/h5-14,17,21-22,31H,15,18-20H2,1-4H3,(H,39,44)(H,40,43)/t31-/m1/s1. The molecular weight excluding hydrogens is 611 g/mol. The first kappa shape index (κ1) is 33.0. The number of halogens is 2. The minimum Gasteiger partial charge on any atom is -0.351 e. The second-order valence-corrected chi connectivity index (χ2v) is 12.4. The Labute approximate surface area is 274 Å². The zero-order valence-corrected chi connectivity index (χ0v) is 27.6. The van der Waals surface area contributed by atoms with Crippen molar-refractivity contribution in [3.05, 3.63) is 117 Å². The van der Waals surface area contributed by atoms with Crippen LogP contribution < -0.4 is 10.6 Å². The molecule has 0 fully saturated rings. The maximum absolute atomic E-state index is 13.4. The molecule has 1 amide bonds. The van der Waals surface area contributed by atoms with Crippen molar-refractivity contribution < 1.29 is 4.79 Å². The van der Waals surface area contributed by atoms with E-state index >= 15 is 0 Å². The topological polar surface area (TPSA) is 86.0 Å². The molecule has 0 saturated heterocycles. The van der Waals surface area contributed by atoms with Crippen molar-refractivity contribution in [1.82, 2.24) is 19.8 Å². The molecule has 10 heteroatoms. The predicted octanol–water partition coefficient (Wildman–Crippen LogP) is 7.31. The molecular formula is C34H36Cl2N6OS. The number of rotatable bonds is 11. The van der Waals surface area contributed by atoms with Crippen LogP contribution in [0.25, 0.3) is 0 Å². The summed E-state index contributed by atoms with van der Waals surface area (Å²) in [5.74, 6) is 0.00307. The van der Waals surface area contributed by atoms with Crippen LogP contribution in [0.15, 0.2) is 73.2 Å². The van der Waals surface area contributed by atoms with E-state index in [9.17, 15) is 4.79 Å². The van der Waals surface area contributed by atoms with E-state index in [0.717, 1.165) is 28.1 Å². The van der Waals surface area contributed by atoms with Crippen LogP contribution in [0.2, 0.25) is 10.0 Å². The highest BCUT2D eigenvalue weighted by atomic mass is 35.5. The summed E-state index contributed by atoms with van der Waals surface area (Å²) in [5, 5.41) is 17.2. The molecule has 0 saturated carbocycles. The molecule has 0 bridgehead atoms. The lowest BCUT2D eigenvalue weighted by Crippen LogP contribution is -2.49. The summed E-state index contributed by atoms with van der Waals surface area (Å²) in [7, 11) is 0. The molecule has 0 aliphatic carbocycles. The molecule has 1 aromatic heterocycles. The summed E-state index contributed by atoms with van der Waals surface area (Å²) in [6.45, 7) is 9.69. The van der Waals surface area contributed by atoms with Gasteiger partial charge in [0.2, 0.25) is 5.91 Å². The molecule has 0 radical (unpaired) electrons. The van der Waals surface area contributed by atoms with Gasteiger partial charge in [-0.25, -0.2) is 4.98 Å². The van der Waals surface area contributed by atoms with E-state index in [1.807, 2.05) is 39.8 Å². The van der Waals surface area contributed by atoms with Crippen LogP contribution in [0.4, 0.5) is 5.69 Å². The number of nitrogens with one attached hydrogen (secondary N) is 2. The minimum atomic E-state index is -0.213. The van der Waals surface area contributed by atoms with Gasteiger partial charge < -0.3 is 20.1 Å². The molecule has 1 atom stereocenters. The molecule has 4 rings (SSSR count). The Balaban J connectivity index is 1.49. The number of benzene rings is 3. The number of aryl methyl sites for hydroxylation is 2. The van der Waals surface area contributed by atoms with Crippen LogP contribution in [-0.2, 0) is 24.3 Å². The van der Waals surface area contributed by atoms with E-state index in [2.05, 4.69) is 61.5 Å². The minimum absolute atomic E-state index is 0.112. The average molecular weight is 648 g/mol. The van der Waals surface area contributed by atoms with Crippen molar-refractivity contribution >= 4 is 52.1 Å². The van der Waals surface area contributed by atoms with Gasteiger partial charge in [0, 0.05) is 43.3 Å². The normalized spacial score (nSPS) is 11.6. The summed E-state index contributed by atoms with van der Waals surface area (Å²) in [4.78, 5) is 19.7. The van der Waals surface area contributed by atoms with Crippen molar-refractivity contribution in [2.75, 3.05) is 11.9 Å². The lowest BCUT2D eigenvalue weighted by molar-refractivity contribution is -0.121. The van der Waals surface area contributed by atoms with Crippen LogP contribution in [0.3, 0.4) is 0 Å². The number of carbonyl (C=O) groups is 1. The maximum Gasteiger partial charge on any atom is 0.226 e. The fourth-order valence-electron chi connectivity index (χ4n) is 4.72. The van der Waals surface area contributed by atoms with E-state index in [1.165, 1.54) is 5.56 Å². The van der Waals surface area contributed by atoms with Crippen molar-refractivity contribution in [3.63, 3.8) is 0 Å². The summed E-state index contributed by atoms with van der Waals surface area (Å²) < 4.78 is 1.95. The highest BCUT2D eigenvalue weighted by molar-refractivity contribution is 7.80. The Morgan fingerprint density at radius 2 is 1.84 bits per heavy atom. The Hall–Kier alpha value is -3.90. The summed E-state index contributed by atoms with van der Waals surface area (Å²) >= 11 is 18.8. The highest BCUT2D eigenvalue weighted by Crippen LogP contribution is 2.27. The number of aromatic nitrogens is 2. The predicted molar refractivity (Wildman–Crippen MR) is 182 cm³/mol.